The third-order valence-corrected chi connectivity index (χ3v) is 14.1. The normalized spacial score (nSPS) is 13.0. The molecular weight excluding hydrogens is 771 g/mol. The number of benzene rings is 9. The van der Waals surface area contributed by atoms with Gasteiger partial charge in [-0.15, -0.1) is 11.3 Å². The zero-order valence-electron chi connectivity index (χ0n) is 33.5. The second-order valence-corrected chi connectivity index (χ2v) is 17.3. The topological polar surface area (TPSA) is 38.7 Å². The molecule has 2 aliphatic carbocycles. The van der Waals surface area contributed by atoms with E-state index in [0.29, 0.717) is 17.5 Å². The number of rotatable bonds is 5. The minimum Gasteiger partial charge on any atom is -0.208 e. The number of hydrogen-bond acceptors (Lipinski definition) is 4. The fourth-order valence-corrected chi connectivity index (χ4v) is 11.4. The molecule has 0 bridgehead atoms. The summed E-state index contributed by atoms with van der Waals surface area (Å²) in [6.07, 6.45) is 0. The predicted octanol–water partition coefficient (Wildman–Crippen LogP) is 14.9. The van der Waals surface area contributed by atoms with Crippen molar-refractivity contribution in [2.45, 2.75) is 5.41 Å². The number of thiophene rings is 1. The molecule has 0 amide bonds. The summed E-state index contributed by atoms with van der Waals surface area (Å²) in [7, 11) is 0. The lowest BCUT2D eigenvalue weighted by Gasteiger charge is -2.30. The van der Waals surface area contributed by atoms with Crippen molar-refractivity contribution in [3.63, 3.8) is 0 Å². The first-order valence-electron chi connectivity index (χ1n) is 21.1. The van der Waals surface area contributed by atoms with Gasteiger partial charge in [-0.3, -0.25) is 0 Å². The zero-order chi connectivity index (χ0) is 40.8. The molecule has 0 unspecified atom stereocenters. The maximum Gasteiger partial charge on any atom is 0.164 e. The molecule has 0 atom stereocenters. The number of fused-ring (bicyclic) bond motifs is 13. The highest BCUT2D eigenvalue weighted by atomic mass is 32.1. The predicted molar refractivity (Wildman–Crippen MR) is 256 cm³/mol. The standard InChI is InChI=1S/C58H35N3S/c1-2-13-36(14-3-1)37-25-29-39(30-26-37)55-59-56(40-31-27-38(28-32-40)41-33-34-45-44-17-7-11-24-52(44)62-53(45)35-41)61-57(60-55)47-19-12-23-51-54(47)46-18-6-10-22-50(46)58(51)48-20-8-4-15-42(48)43-16-5-9-21-49(43)58/h1-35H. The van der Waals surface area contributed by atoms with Gasteiger partial charge in [-0.05, 0) is 78.9 Å². The van der Waals surface area contributed by atoms with Crippen LogP contribution in [0.5, 0.6) is 0 Å². The number of nitrogens with zero attached hydrogens (tertiary/aromatic N) is 3. The maximum absolute atomic E-state index is 5.37. The highest BCUT2D eigenvalue weighted by molar-refractivity contribution is 7.25. The van der Waals surface area contributed by atoms with Gasteiger partial charge in [0.15, 0.2) is 17.5 Å². The summed E-state index contributed by atoms with van der Waals surface area (Å²) in [5.74, 6) is 1.93. The van der Waals surface area contributed by atoms with Crippen molar-refractivity contribution in [1.82, 2.24) is 15.0 Å². The first kappa shape index (κ1) is 35.0. The van der Waals surface area contributed by atoms with Gasteiger partial charge in [0.2, 0.25) is 0 Å². The van der Waals surface area contributed by atoms with E-state index in [1.807, 2.05) is 17.4 Å². The van der Waals surface area contributed by atoms with Crippen LogP contribution in [0, 0.1) is 0 Å². The summed E-state index contributed by atoms with van der Waals surface area (Å²) < 4.78 is 2.60. The van der Waals surface area contributed by atoms with Crippen molar-refractivity contribution in [1.29, 1.82) is 0 Å². The smallest absolute Gasteiger partial charge is 0.164 e. The Morgan fingerprint density at radius 3 is 1.42 bits per heavy atom. The Hall–Kier alpha value is -7.79. The van der Waals surface area contributed by atoms with Gasteiger partial charge in [-0.25, -0.2) is 15.0 Å². The lowest BCUT2D eigenvalue weighted by molar-refractivity contribution is 0.794. The first-order chi connectivity index (χ1) is 30.7. The van der Waals surface area contributed by atoms with Crippen LogP contribution in [0.2, 0.25) is 0 Å². The summed E-state index contributed by atoms with van der Waals surface area (Å²) in [4.78, 5) is 15.9. The Bertz CT molecular complexity index is 3520. The van der Waals surface area contributed by atoms with E-state index < -0.39 is 5.41 Å². The third-order valence-electron chi connectivity index (χ3n) is 13.0. The van der Waals surface area contributed by atoms with Gasteiger partial charge in [0.05, 0.1) is 5.41 Å². The number of hydrogen-bond donors (Lipinski definition) is 0. The highest BCUT2D eigenvalue weighted by Crippen LogP contribution is 2.63. The van der Waals surface area contributed by atoms with Crippen molar-refractivity contribution in [2.24, 2.45) is 0 Å². The molecule has 1 spiro atoms. The maximum atomic E-state index is 5.37. The van der Waals surface area contributed by atoms with Crippen molar-refractivity contribution in [3.8, 4) is 78.7 Å². The Kier molecular flexibility index (Phi) is 7.69. The van der Waals surface area contributed by atoms with E-state index in [4.69, 9.17) is 15.0 Å². The van der Waals surface area contributed by atoms with Crippen LogP contribution in [-0.2, 0) is 5.41 Å². The van der Waals surface area contributed by atoms with Crippen molar-refractivity contribution < 1.29 is 0 Å². The Morgan fingerprint density at radius 1 is 0.290 bits per heavy atom. The van der Waals surface area contributed by atoms with E-state index >= 15 is 0 Å². The van der Waals surface area contributed by atoms with Gasteiger partial charge >= 0.3 is 0 Å². The van der Waals surface area contributed by atoms with Gasteiger partial charge in [0.25, 0.3) is 0 Å². The van der Waals surface area contributed by atoms with Crippen LogP contribution in [0.3, 0.4) is 0 Å². The zero-order valence-corrected chi connectivity index (χ0v) is 34.3. The Morgan fingerprint density at radius 2 is 0.742 bits per heavy atom. The molecule has 3 nitrogen and oxygen atoms in total. The van der Waals surface area contributed by atoms with Gasteiger partial charge in [0, 0.05) is 36.9 Å². The molecule has 62 heavy (non-hydrogen) atoms. The van der Waals surface area contributed by atoms with Gasteiger partial charge in [-0.1, -0.05) is 200 Å². The van der Waals surface area contributed by atoms with Gasteiger partial charge < -0.3 is 0 Å². The van der Waals surface area contributed by atoms with E-state index in [9.17, 15) is 0 Å². The lowest BCUT2D eigenvalue weighted by atomic mass is 9.70. The molecule has 0 aliphatic heterocycles. The third kappa shape index (κ3) is 5.14. The SMILES string of the molecule is c1ccc(-c2ccc(-c3nc(-c4ccc(-c5ccc6c(c5)sc5ccccc56)cc4)nc(-c4cccc5c4-c4ccccc4C54c5ccccc5-c5ccccc54)n3)cc2)cc1. The minimum atomic E-state index is -0.463. The van der Waals surface area contributed by atoms with Crippen LogP contribution >= 0.6 is 11.3 Å². The molecule has 0 fully saturated rings. The molecule has 11 aromatic rings. The molecule has 288 valence electrons. The second-order valence-electron chi connectivity index (χ2n) is 16.3. The van der Waals surface area contributed by atoms with Crippen LogP contribution in [0.15, 0.2) is 212 Å². The summed E-state index contributed by atoms with van der Waals surface area (Å²) in [5, 5.41) is 2.61. The van der Waals surface area contributed by atoms with Gasteiger partial charge in [-0.2, -0.15) is 0 Å². The van der Waals surface area contributed by atoms with E-state index in [1.54, 1.807) is 0 Å². The molecule has 4 heteroatoms. The summed E-state index contributed by atoms with van der Waals surface area (Å²) in [5.41, 5.74) is 17.2. The first-order valence-corrected chi connectivity index (χ1v) is 21.9. The van der Waals surface area contributed by atoms with Crippen LogP contribution in [-0.4, -0.2) is 15.0 Å². The molecule has 0 N–H and O–H groups in total. The van der Waals surface area contributed by atoms with E-state index in [1.165, 1.54) is 75.8 Å². The summed E-state index contributed by atoms with van der Waals surface area (Å²) in [6.45, 7) is 0. The van der Waals surface area contributed by atoms with Crippen LogP contribution < -0.4 is 0 Å². The average molecular weight is 806 g/mol. The molecule has 0 saturated heterocycles. The van der Waals surface area contributed by atoms with Crippen LogP contribution in [0.4, 0.5) is 0 Å². The summed E-state index contributed by atoms with van der Waals surface area (Å²) >= 11 is 1.85. The van der Waals surface area contributed by atoms with Crippen LogP contribution in [0.25, 0.3) is 98.8 Å². The van der Waals surface area contributed by atoms with E-state index in [0.717, 1.165) is 27.8 Å². The second kappa shape index (κ2) is 13.6. The molecule has 0 saturated carbocycles. The number of aromatic nitrogens is 3. The lowest BCUT2D eigenvalue weighted by Crippen LogP contribution is -2.25. The van der Waals surface area contributed by atoms with Crippen molar-refractivity contribution >= 4 is 31.5 Å². The van der Waals surface area contributed by atoms with Gasteiger partial charge in [0.1, 0.15) is 0 Å². The minimum absolute atomic E-state index is 0.463. The fourth-order valence-electron chi connectivity index (χ4n) is 10.2. The molecule has 13 rings (SSSR count). The largest absolute Gasteiger partial charge is 0.208 e. The van der Waals surface area contributed by atoms with E-state index in [-0.39, 0.29) is 0 Å². The fraction of sp³-hybridized carbons (Fsp3) is 0.0172. The molecule has 2 aliphatic rings. The highest BCUT2D eigenvalue weighted by Gasteiger charge is 2.52. The van der Waals surface area contributed by atoms with Crippen LogP contribution in [0.1, 0.15) is 22.3 Å². The summed E-state index contributed by atoms with van der Waals surface area (Å²) in [6, 6.07) is 76.7. The monoisotopic (exact) mass is 805 g/mol. The average Bonchev–Trinajstić information content (AvgIpc) is 3.98. The molecule has 2 aromatic heterocycles. The van der Waals surface area contributed by atoms with Crippen molar-refractivity contribution in [2.75, 3.05) is 0 Å². The molecule has 0 radical (unpaired) electrons. The Balaban J connectivity index is 0.984. The Labute approximate surface area is 363 Å². The van der Waals surface area contributed by atoms with Crippen molar-refractivity contribution in [3.05, 3.63) is 235 Å². The quantitative estimate of drug-likeness (QED) is 0.174. The molecular formula is C58H35N3S. The molecule has 9 aromatic carbocycles. The van der Waals surface area contributed by atoms with E-state index in [2.05, 4.69) is 206 Å². The molecule has 2 heterocycles.